The van der Waals surface area contributed by atoms with Gasteiger partial charge in [-0.1, -0.05) is 6.07 Å². The number of benzene rings is 1. The fourth-order valence-electron chi connectivity index (χ4n) is 1.68. The van der Waals surface area contributed by atoms with Crippen molar-refractivity contribution in [2.24, 2.45) is 0 Å². The number of anilines is 1. The third-order valence-corrected chi connectivity index (χ3v) is 2.52. The molecule has 7 nitrogen and oxygen atoms in total. The van der Waals surface area contributed by atoms with Crippen molar-refractivity contribution in [3.63, 3.8) is 0 Å². The second-order valence-electron chi connectivity index (χ2n) is 4.06. The Morgan fingerprint density at radius 1 is 1.14 bits per heavy atom. The molecule has 0 atom stereocenters. The van der Waals surface area contributed by atoms with Gasteiger partial charge in [-0.15, -0.1) is 0 Å². The third kappa shape index (κ3) is 3.41. The highest BCUT2D eigenvalue weighted by Crippen LogP contribution is 2.17. The van der Waals surface area contributed by atoms with E-state index in [1.165, 1.54) is 18.2 Å². The Bertz CT molecular complexity index is 794. The Kier molecular flexibility index (Phi) is 3.70. The van der Waals surface area contributed by atoms with Crippen molar-refractivity contribution in [3.05, 3.63) is 38.9 Å². The van der Waals surface area contributed by atoms with Gasteiger partial charge in [-0.05, 0) is 12.1 Å². The second-order valence-corrected chi connectivity index (χ2v) is 4.06. The van der Waals surface area contributed by atoms with Gasteiger partial charge >= 0.3 is 12.2 Å². The second kappa shape index (κ2) is 5.31. The van der Waals surface area contributed by atoms with Crippen LogP contribution in [0.4, 0.5) is 23.7 Å². The first-order valence-electron chi connectivity index (χ1n) is 5.63. The minimum atomic E-state index is -4.55. The maximum atomic E-state index is 12.0. The van der Waals surface area contributed by atoms with Crippen molar-refractivity contribution in [2.75, 3.05) is 11.9 Å². The molecule has 112 valence electrons. The number of fused-ring (bicyclic) bond motifs is 1. The average Bonchev–Trinajstić information content (AvgIpc) is 2.40. The first-order chi connectivity index (χ1) is 9.78. The molecule has 4 N–H and O–H groups in total. The maximum absolute atomic E-state index is 12.0. The van der Waals surface area contributed by atoms with Gasteiger partial charge in [0.2, 0.25) is 0 Å². The SMILES string of the molecule is O=C(NCC(F)(F)F)Nc1cccc2c(=O)[nH][nH]c(=O)c12. The van der Waals surface area contributed by atoms with Crippen molar-refractivity contribution in [3.8, 4) is 0 Å². The van der Waals surface area contributed by atoms with Gasteiger partial charge in [-0.25, -0.2) is 4.79 Å². The molecule has 1 heterocycles. The van der Waals surface area contributed by atoms with Crippen molar-refractivity contribution >= 4 is 22.5 Å². The molecule has 1 aromatic heterocycles. The van der Waals surface area contributed by atoms with E-state index in [4.69, 9.17) is 0 Å². The summed E-state index contributed by atoms with van der Waals surface area (Å²) in [6, 6.07) is 2.89. The molecule has 2 rings (SSSR count). The topological polar surface area (TPSA) is 107 Å². The van der Waals surface area contributed by atoms with Gasteiger partial charge in [0.15, 0.2) is 0 Å². The molecule has 0 aliphatic carbocycles. The molecule has 10 heteroatoms. The summed E-state index contributed by atoms with van der Waals surface area (Å²) in [4.78, 5) is 34.6. The van der Waals surface area contributed by atoms with E-state index in [9.17, 15) is 27.6 Å². The van der Waals surface area contributed by atoms with Crippen LogP contribution in [-0.4, -0.2) is 28.9 Å². The van der Waals surface area contributed by atoms with Crippen LogP contribution in [0, 0.1) is 0 Å². The molecule has 0 unspecified atom stereocenters. The number of amides is 2. The van der Waals surface area contributed by atoms with Crippen LogP contribution in [0.15, 0.2) is 27.8 Å². The number of carbonyl (C=O) groups is 1. The molecule has 0 radical (unpaired) electrons. The largest absolute Gasteiger partial charge is 0.405 e. The van der Waals surface area contributed by atoms with Gasteiger partial charge in [0.1, 0.15) is 6.54 Å². The standard InChI is InChI=1S/C11H9F3N4O3/c12-11(13,14)4-15-10(21)16-6-3-1-2-5-7(6)9(20)18-17-8(5)19/h1-3H,4H2,(H,17,19)(H,18,20)(H2,15,16,21). The number of hydrogen-bond donors (Lipinski definition) is 4. The molecule has 2 amide bonds. The zero-order valence-corrected chi connectivity index (χ0v) is 10.3. The maximum Gasteiger partial charge on any atom is 0.405 e. The fourth-order valence-corrected chi connectivity index (χ4v) is 1.68. The summed E-state index contributed by atoms with van der Waals surface area (Å²) in [6.45, 7) is -1.51. The molecule has 0 fully saturated rings. The minimum absolute atomic E-state index is 0.00683. The predicted molar refractivity (Wildman–Crippen MR) is 68.3 cm³/mol. The number of alkyl halides is 3. The van der Waals surface area contributed by atoms with E-state index in [-0.39, 0.29) is 16.5 Å². The minimum Gasteiger partial charge on any atom is -0.329 e. The van der Waals surface area contributed by atoms with E-state index in [1.807, 2.05) is 0 Å². The number of hydrogen-bond acceptors (Lipinski definition) is 3. The molecule has 0 bridgehead atoms. The van der Waals surface area contributed by atoms with Crippen LogP contribution in [0.25, 0.3) is 10.8 Å². The van der Waals surface area contributed by atoms with Crippen LogP contribution in [0.2, 0.25) is 0 Å². The first-order valence-corrected chi connectivity index (χ1v) is 5.63. The van der Waals surface area contributed by atoms with E-state index in [0.29, 0.717) is 0 Å². The number of carbonyl (C=O) groups excluding carboxylic acids is 1. The summed E-state index contributed by atoms with van der Waals surface area (Å²) in [6.07, 6.45) is -4.55. The molecule has 0 aliphatic heterocycles. The van der Waals surface area contributed by atoms with Crippen LogP contribution >= 0.6 is 0 Å². The highest BCUT2D eigenvalue weighted by atomic mass is 19.4. The Labute approximate surface area is 114 Å². The van der Waals surface area contributed by atoms with Crippen molar-refractivity contribution in [1.29, 1.82) is 0 Å². The summed E-state index contributed by atoms with van der Waals surface area (Å²) in [5, 5.41) is 7.75. The lowest BCUT2D eigenvalue weighted by atomic mass is 10.1. The number of aromatic nitrogens is 2. The summed E-state index contributed by atoms with van der Waals surface area (Å²) in [7, 11) is 0. The highest BCUT2D eigenvalue weighted by Gasteiger charge is 2.27. The van der Waals surface area contributed by atoms with E-state index in [2.05, 4.69) is 15.5 Å². The molecule has 0 aliphatic rings. The zero-order valence-electron chi connectivity index (χ0n) is 10.3. The molecule has 0 saturated carbocycles. The van der Waals surface area contributed by atoms with E-state index < -0.39 is 29.9 Å². The monoisotopic (exact) mass is 302 g/mol. The van der Waals surface area contributed by atoms with Crippen molar-refractivity contribution in [1.82, 2.24) is 15.5 Å². The lowest BCUT2D eigenvalue weighted by molar-refractivity contribution is -0.122. The number of urea groups is 1. The van der Waals surface area contributed by atoms with E-state index >= 15 is 0 Å². The van der Waals surface area contributed by atoms with Gasteiger partial charge in [-0.3, -0.25) is 19.8 Å². The average molecular weight is 302 g/mol. The number of rotatable bonds is 2. The summed E-state index contributed by atoms with van der Waals surface area (Å²) in [5.41, 5.74) is -1.35. The first kappa shape index (κ1) is 14.6. The van der Waals surface area contributed by atoms with Crippen LogP contribution in [0.5, 0.6) is 0 Å². The Balaban J connectivity index is 2.31. The molecule has 0 spiro atoms. The summed E-state index contributed by atoms with van der Waals surface area (Å²) >= 11 is 0. The quantitative estimate of drug-likeness (QED) is 0.662. The number of H-pyrrole nitrogens is 2. The van der Waals surface area contributed by atoms with Gasteiger partial charge in [-0.2, -0.15) is 13.2 Å². The smallest absolute Gasteiger partial charge is 0.329 e. The van der Waals surface area contributed by atoms with Gasteiger partial charge in [0.05, 0.1) is 16.5 Å². The van der Waals surface area contributed by atoms with Crippen LogP contribution < -0.4 is 21.8 Å². The van der Waals surface area contributed by atoms with E-state index in [1.54, 1.807) is 5.32 Å². The van der Waals surface area contributed by atoms with Gasteiger partial charge in [0.25, 0.3) is 11.1 Å². The van der Waals surface area contributed by atoms with Crippen LogP contribution in [-0.2, 0) is 0 Å². The highest BCUT2D eigenvalue weighted by molar-refractivity contribution is 6.00. The fraction of sp³-hybridized carbons (Fsp3) is 0.182. The molecular weight excluding hydrogens is 293 g/mol. The molecular formula is C11H9F3N4O3. The third-order valence-electron chi connectivity index (χ3n) is 2.52. The molecule has 0 saturated heterocycles. The molecule has 1 aromatic carbocycles. The van der Waals surface area contributed by atoms with Gasteiger partial charge in [0, 0.05) is 0 Å². The Morgan fingerprint density at radius 3 is 2.48 bits per heavy atom. The van der Waals surface area contributed by atoms with Crippen LogP contribution in [0.3, 0.4) is 0 Å². The summed E-state index contributed by atoms with van der Waals surface area (Å²) < 4.78 is 35.9. The number of aromatic amines is 2. The summed E-state index contributed by atoms with van der Waals surface area (Å²) in [5.74, 6) is 0. The molecule has 2 aromatic rings. The van der Waals surface area contributed by atoms with E-state index in [0.717, 1.165) is 0 Å². The Morgan fingerprint density at radius 2 is 1.81 bits per heavy atom. The zero-order chi connectivity index (χ0) is 15.6. The predicted octanol–water partition coefficient (Wildman–Crippen LogP) is 0.900. The van der Waals surface area contributed by atoms with Crippen molar-refractivity contribution in [2.45, 2.75) is 6.18 Å². The van der Waals surface area contributed by atoms with Crippen LogP contribution in [0.1, 0.15) is 0 Å². The molecule has 21 heavy (non-hydrogen) atoms. The normalized spacial score (nSPS) is 11.4. The van der Waals surface area contributed by atoms with Gasteiger partial charge < -0.3 is 10.6 Å². The lowest BCUT2D eigenvalue weighted by Crippen LogP contribution is -2.37. The Hall–Kier alpha value is -2.78. The lowest BCUT2D eigenvalue weighted by Gasteiger charge is -2.10. The number of halogens is 3. The number of nitrogens with one attached hydrogen (secondary N) is 4. The van der Waals surface area contributed by atoms with Crippen molar-refractivity contribution < 1.29 is 18.0 Å².